The zero-order chi connectivity index (χ0) is 13.7. The molecule has 2 N–H and O–H groups in total. The number of nitrogens with zero attached hydrogens (tertiary/aromatic N) is 2. The molecule has 0 radical (unpaired) electrons. The molecule has 0 saturated carbocycles. The van der Waals surface area contributed by atoms with Gasteiger partial charge >= 0.3 is 0 Å². The van der Waals surface area contributed by atoms with Gasteiger partial charge in [0.15, 0.2) is 6.61 Å². The van der Waals surface area contributed by atoms with Crippen LogP contribution in [0.5, 0.6) is 5.75 Å². The van der Waals surface area contributed by atoms with Gasteiger partial charge in [-0.25, -0.2) is 0 Å². The topological polar surface area (TPSA) is 73.7 Å². The number of hydrogen-bond donors (Lipinski definition) is 2. The smallest absolute Gasteiger partial charge is 0.174 e. The molecule has 0 spiro atoms. The predicted molar refractivity (Wildman–Crippen MR) is 72.9 cm³/mol. The highest BCUT2D eigenvalue weighted by atomic mass is 16.5. The molecule has 2 rings (SSSR count). The van der Waals surface area contributed by atoms with Crippen molar-refractivity contribution < 1.29 is 4.74 Å². The van der Waals surface area contributed by atoms with E-state index in [2.05, 4.69) is 15.5 Å². The first kappa shape index (κ1) is 13.0. The second-order valence-electron chi connectivity index (χ2n) is 4.26. The number of aryl methyl sites for hydroxylation is 2. The van der Waals surface area contributed by atoms with Gasteiger partial charge in [0, 0.05) is 6.54 Å². The summed E-state index contributed by atoms with van der Waals surface area (Å²) in [5.41, 5.74) is 4.10. The van der Waals surface area contributed by atoms with Crippen molar-refractivity contribution >= 4 is 5.69 Å². The van der Waals surface area contributed by atoms with Gasteiger partial charge in [-0.15, -0.1) is 0 Å². The van der Waals surface area contributed by atoms with Crippen molar-refractivity contribution in [1.82, 2.24) is 10.2 Å². The number of H-pyrrole nitrogens is 1. The fraction of sp³-hybridized carbons (Fsp3) is 0.286. The first-order valence-corrected chi connectivity index (χ1v) is 6.05. The van der Waals surface area contributed by atoms with E-state index in [1.165, 1.54) is 0 Å². The van der Waals surface area contributed by atoms with Crippen LogP contribution in [-0.2, 0) is 6.54 Å². The molecule has 0 amide bonds. The normalized spacial score (nSPS) is 9.95. The average molecular weight is 256 g/mol. The molecule has 0 fully saturated rings. The molecule has 0 unspecified atom stereocenters. The number of benzene rings is 1. The molecule has 0 bridgehead atoms. The zero-order valence-corrected chi connectivity index (χ0v) is 11.0. The largest absolute Gasteiger partial charge is 0.479 e. The lowest BCUT2D eigenvalue weighted by atomic mass is 10.2. The van der Waals surface area contributed by atoms with Crippen LogP contribution in [0.25, 0.3) is 0 Å². The van der Waals surface area contributed by atoms with E-state index in [9.17, 15) is 0 Å². The number of anilines is 1. The molecular weight excluding hydrogens is 240 g/mol. The van der Waals surface area contributed by atoms with Gasteiger partial charge in [-0.05, 0) is 31.5 Å². The van der Waals surface area contributed by atoms with Crippen molar-refractivity contribution in [1.29, 1.82) is 5.26 Å². The van der Waals surface area contributed by atoms with Gasteiger partial charge in [-0.2, -0.15) is 10.4 Å². The lowest BCUT2D eigenvalue weighted by Gasteiger charge is -2.08. The minimum Gasteiger partial charge on any atom is -0.479 e. The van der Waals surface area contributed by atoms with Crippen molar-refractivity contribution in [3.05, 3.63) is 41.2 Å². The van der Waals surface area contributed by atoms with Crippen LogP contribution in [-0.4, -0.2) is 16.8 Å². The molecule has 1 heterocycles. The van der Waals surface area contributed by atoms with Crippen LogP contribution >= 0.6 is 0 Å². The van der Waals surface area contributed by atoms with Gasteiger partial charge in [0.2, 0.25) is 0 Å². The summed E-state index contributed by atoms with van der Waals surface area (Å²) in [6.45, 7) is 4.69. The molecule has 19 heavy (non-hydrogen) atoms. The maximum atomic E-state index is 8.49. The van der Waals surface area contributed by atoms with Gasteiger partial charge in [-0.1, -0.05) is 12.1 Å². The SMILES string of the molecule is Cc1n[nH]c(C)c1NCc1cccc(OCC#N)c1. The Morgan fingerprint density at radius 1 is 1.42 bits per heavy atom. The summed E-state index contributed by atoms with van der Waals surface area (Å²) < 4.78 is 5.27. The highest BCUT2D eigenvalue weighted by Gasteiger charge is 2.05. The average Bonchev–Trinajstić information content (AvgIpc) is 2.74. The Kier molecular flexibility index (Phi) is 4.04. The van der Waals surface area contributed by atoms with Gasteiger partial charge in [0.05, 0.1) is 17.1 Å². The molecule has 2 aromatic rings. The number of aromatic nitrogens is 2. The first-order valence-electron chi connectivity index (χ1n) is 6.05. The van der Waals surface area contributed by atoms with Crippen LogP contribution in [0.15, 0.2) is 24.3 Å². The molecule has 0 aliphatic rings. The summed E-state index contributed by atoms with van der Waals surface area (Å²) in [5.74, 6) is 0.710. The van der Waals surface area contributed by atoms with Gasteiger partial charge in [0.1, 0.15) is 11.8 Å². The van der Waals surface area contributed by atoms with Crippen molar-refractivity contribution in [2.24, 2.45) is 0 Å². The Morgan fingerprint density at radius 3 is 2.95 bits per heavy atom. The van der Waals surface area contributed by atoms with E-state index in [-0.39, 0.29) is 6.61 Å². The summed E-state index contributed by atoms with van der Waals surface area (Å²) in [4.78, 5) is 0. The molecule has 1 aromatic heterocycles. The summed E-state index contributed by atoms with van der Waals surface area (Å²) in [6, 6.07) is 9.65. The monoisotopic (exact) mass is 256 g/mol. The third kappa shape index (κ3) is 3.26. The van der Waals surface area contributed by atoms with Crippen LogP contribution in [0.1, 0.15) is 17.0 Å². The van der Waals surface area contributed by atoms with Crippen LogP contribution in [0, 0.1) is 25.2 Å². The number of rotatable bonds is 5. The van der Waals surface area contributed by atoms with Crippen LogP contribution < -0.4 is 10.1 Å². The van der Waals surface area contributed by atoms with Crippen LogP contribution in [0.3, 0.4) is 0 Å². The molecular formula is C14H16N4O. The van der Waals surface area contributed by atoms with Gasteiger partial charge in [-0.3, -0.25) is 5.10 Å². The molecule has 98 valence electrons. The summed E-state index contributed by atoms with van der Waals surface area (Å²) >= 11 is 0. The van der Waals surface area contributed by atoms with Crippen LogP contribution in [0.4, 0.5) is 5.69 Å². The summed E-state index contributed by atoms with van der Waals surface area (Å²) in [6.07, 6.45) is 0. The molecule has 1 aromatic carbocycles. The number of aromatic amines is 1. The fourth-order valence-electron chi connectivity index (χ4n) is 1.86. The Morgan fingerprint density at radius 2 is 2.26 bits per heavy atom. The summed E-state index contributed by atoms with van der Waals surface area (Å²) in [7, 11) is 0. The molecule has 5 nitrogen and oxygen atoms in total. The van der Waals surface area contributed by atoms with E-state index in [0.717, 1.165) is 22.6 Å². The summed E-state index contributed by atoms with van der Waals surface area (Å²) in [5, 5.41) is 18.9. The second kappa shape index (κ2) is 5.91. The highest BCUT2D eigenvalue weighted by Crippen LogP contribution is 2.19. The van der Waals surface area contributed by atoms with E-state index < -0.39 is 0 Å². The van der Waals surface area contributed by atoms with Crippen molar-refractivity contribution in [3.8, 4) is 11.8 Å². The molecule has 0 saturated heterocycles. The molecule has 0 atom stereocenters. The quantitative estimate of drug-likeness (QED) is 0.862. The number of hydrogen-bond acceptors (Lipinski definition) is 4. The Hall–Kier alpha value is -2.48. The number of ether oxygens (including phenoxy) is 1. The second-order valence-corrected chi connectivity index (χ2v) is 4.26. The Labute approximate surface area is 112 Å². The molecule has 0 aliphatic carbocycles. The standard InChI is InChI=1S/C14H16N4O/c1-10-14(11(2)18-17-10)16-9-12-4-3-5-13(8-12)19-7-6-15/h3-5,8,16H,7,9H2,1-2H3,(H,17,18). The molecule has 5 heteroatoms. The van der Waals surface area contributed by atoms with Crippen molar-refractivity contribution in [2.45, 2.75) is 20.4 Å². The minimum absolute atomic E-state index is 0.0663. The third-order valence-electron chi connectivity index (χ3n) is 2.80. The van der Waals surface area contributed by atoms with E-state index in [4.69, 9.17) is 10.00 Å². The van der Waals surface area contributed by atoms with Crippen LogP contribution in [0.2, 0.25) is 0 Å². The van der Waals surface area contributed by atoms with E-state index >= 15 is 0 Å². The third-order valence-corrected chi connectivity index (χ3v) is 2.80. The van der Waals surface area contributed by atoms with Crippen molar-refractivity contribution in [2.75, 3.05) is 11.9 Å². The fourth-order valence-corrected chi connectivity index (χ4v) is 1.86. The van der Waals surface area contributed by atoms with Crippen molar-refractivity contribution in [3.63, 3.8) is 0 Å². The lowest BCUT2D eigenvalue weighted by Crippen LogP contribution is -2.02. The maximum absolute atomic E-state index is 8.49. The zero-order valence-electron chi connectivity index (χ0n) is 11.0. The Balaban J connectivity index is 2.02. The predicted octanol–water partition coefficient (Wildman–Crippen LogP) is 2.54. The maximum Gasteiger partial charge on any atom is 0.174 e. The minimum atomic E-state index is 0.0663. The number of nitrogens with one attached hydrogen (secondary N) is 2. The number of nitriles is 1. The van der Waals surface area contributed by atoms with E-state index in [0.29, 0.717) is 12.3 Å². The lowest BCUT2D eigenvalue weighted by molar-refractivity contribution is 0.368. The van der Waals surface area contributed by atoms with E-state index in [1.807, 2.05) is 44.2 Å². The molecule has 0 aliphatic heterocycles. The highest BCUT2D eigenvalue weighted by molar-refractivity contribution is 5.51. The first-order chi connectivity index (χ1) is 9.20. The van der Waals surface area contributed by atoms with E-state index in [1.54, 1.807) is 0 Å². The van der Waals surface area contributed by atoms with Gasteiger partial charge in [0.25, 0.3) is 0 Å². The van der Waals surface area contributed by atoms with Gasteiger partial charge < -0.3 is 10.1 Å². The Bertz CT molecular complexity index is 578.